The lowest BCUT2D eigenvalue weighted by atomic mass is 10.1. The average molecular weight is 288 g/mol. The van der Waals surface area contributed by atoms with Crippen LogP contribution in [0, 0.1) is 0 Å². The zero-order valence-electron chi connectivity index (χ0n) is 10.8. The molecule has 0 saturated carbocycles. The Bertz CT molecular complexity index is 427. The minimum atomic E-state index is -0.205. The number of nitrogens with one attached hydrogen (secondary N) is 1. The van der Waals surface area contributed by atoms with Crippen LogP contribution in [0.25, 0.3) is 0 Å². The molecule has 1 unspecified atom stereocenters. The van der Waals surface area contributed by atoms with Crippen molar-refractivity contribution in [3.8, 4) is 11.5 Å². The van der Waals surface area contributed by atoms with E-state index in [0.29, 0.717) is 42.9 Å². The monoisotopic (exact) mass is 287 g/mol. The minimum absolute atomic E-state index is 0.0281. The summed E-state index contributed by atoms with van der Waals surface area (Å²) in [6.07, 6.45) is 0. The van der Waals surface area contributed by atoms with Gasteiger partial charge in [-0.2, -0.15) is 0 Å². The van der Waals surface area contributed by atoms with E-state index < -0.39 is 0 Å². The Hall–Kier alpha value is -1.01. The van der Waals surface area contributed by atoms with E-state index in [-0.39, 0.29) is 12.6 Å². The van der Waals surface area contributed by atoms with Gasteiger partial charge in [-0.25, -0.2) is 0 Å². The molecular weight excluding hydrogens is 270 g/mol. The summed E-state index contributed by atoms with van der Waals surface area (Å²) in [5, 5.41) is 13.1. The third-order valence-corrected chi connectivity index (χ3v) is 3.18. The van der Waals surface area contributed by atoms with Crippen molar-refractivity contribution in [1.29, 1.82) is 0 Å². The molecule has 0 saturated heterocycles. The number of methoxy groups -OCH3 is 1. The maximum atomic E-state index is 9.46. The zero-order chi connectivity index (χ0) is 13.7. The topological polar surface area (TPSA) is 60.0 Å². The first-order chi connectivity index (χ1) is 9.26. The van der Waals surface area contributed by atoms with Crippen molar-refractivity contribution < 1.29 is 19.3 Å². The number of fused-ring (bicyclic) bond motifs is 1. The van der Waals surface area contributed by atoms with Crippen molar-refractivity contribution in [2.45, 2.75) is 6.04 Å². The van der Waals surface area contributed by atoms with Crippen molar-refractivity contribution in [3.05, 3.63) is 22.7 Å². The summed E-state index contributed by atoms with van der Waals surface area (Å²) in [4.78, 5) is 0. The van der Waals surface area contributed by atoms with Crippen LogP contribution in [0.4, 0.5) is 0 Å². The molecule has 5 nitrogen and oxygen atoms in total. The number of ether oxygens (including phenoxy) is 3. The molecule has 0 bridgehead atoms. The van der Waals surface area contributed by atoms with Gasteiger partial charge in [0.25, 0.3) is 0 Å². The maximum absolute atomic E-state index is 9.46. The molecular formula is C13H18ClNO4. The largest absolute Gasteiger partial charge is 0.486 e. The van der Waals surface area contributed by atoms with E-state index in [1.807, 2.05) is 6.07 Å². The van der Waals surface area contributed by atoms with Crippen molar-refractivity contribution in [2.75, 3.05) is 40.1 Å². The highest BCUT2D eigenvalue weighted by Crippen LogP contribution is 2.39. The predicted octanol–water partition coefficient (Wildman–Crippen LogP) is 1.38. The third kappa shape index (κ3) is 3.51. The molecule has 6 heteroatoms. The highest BCUT2D eigenvalue weighted by Gasteiger charge is 2.19. The summed E-state index contributed by atoms with van der Waals surface area (Å²) in [6.45, 7) is 2.21. The second-order valence-corrected chi connectivity index (χ2v) is 4.62. The first-order valence-corrected chi connectivity index (χ1v) is 6.56. The van der Waals surface area contributed by atoms with Gasteiger partial charge < -0.3 is 24.6 Å². The molecule has 2 N–H and O–H groups in total. The van der Waals surface area contributed by atoms with Crippen LogP contribution >= 0.6 is 11.6 Å². The average Bonchev–Trinajstić information content (AvgIpc) is 2.44. The number of rotatable bonds is 6. The number of halogens is 1. The van der Waals surface area contributed by atoms with Gasteiger partial charge >= 0.3 is 0 Å². The summed E-state index contributed by atoms with van der Waals surface area (Å²) in [5.74, 6) is 1.20. The number of aliphatic hydroxyl groups excluding tert-OH is 1. The van der Waals surface area contributed by atoms with Crippen molar-refractivity contribution >= 4 is 11.6 Å². The maximum Gasteiger partial charge on any atom is 0.179 e. The number of aliphatic hydroxyl groups is 1. The van der Waals surface area contributed by atoms with Crippen LogP contribution in [-0.2, 0) is 4.74 Å². The van der Waals surface area contributed by atoms with E-state index in [2.05, 4.69) is 5.32 Å². The third-order valence-electron chi connectivity index (χ3n) is 2.90. The quantitative estimate of drug-likeness (QED) is 0.774. The normalized spacial score (nSPS) is 15.3. The lowest BCUT2D eigenvalue weighted by Gasteiger charge is -2.23. The molecule has 1 heterocycles. The second kappa shape index (κ2) is 6.96. The second-order valence-electron chi connectivity index (χ2n) is 4.21. The van der Waals surface area contributed by atoms with E-state index in [0.717, 1.165) is 5.56 Å². The zero-order valence-corrected chi connectivity index (χ0v) is 11.6. The van der Waals surface area contributed by atoms with Gasteiger partial charge in [0.1, 0.15) is 13.2 Å². The Morgan fingerprint density at radius 2 is 2.21 bits per heavy atom. The SMILES string of the molecule is COCCNC(CO)c1cc(Cl)c2c(c1)OCCO2. The van der Waals surface area contributed by atoms with Gasteiger partial charge in [0, 0.05) is 13.7 Å². The molecule has 0 amide bonds. The fraction of sp³-hybridized carbons (Fsp3) is 0.538. The van der Waals surface area contributed by atoms with Crippen molar-refractivity contribution in [3.63, 3.8) is 0 Å². The Morgan fingerprint density at radius 1 is 1.42 bits per heavy atom. The van der Waals surface area contributed by atoms with Gasteiger partial charge in [-0.3, -0.25) is 0 Å². The van der Waals surface area contributed by atoms with Gasteiger partial charge in [0.2, 0.25) is 0 Å². The van der Waals surface area contributed by atoms with E-state index in [9.17, 15) is 5.11 Å². The molecule has 0 aromatic heterocycles. The molecule has 1 aliphatic heterocycles. The van der Waals surface area contributed by atoms with Crippen LogP contribution in [0.3, 0.4) is 0 Å². The molecule has 0 radical (unpaired) electrons. The lowest BCUT2D eigenvalue weighted by Crippen LogP contribution is -2.28. The smallest absolute Gasteiger partial charge is 0.179 e. The summed E-state index contributed by atoms with van der Waals surface area (Å²) in [7, 11) is 1.64. The molecule has 1 aromatic rings. The van der Waals surface area contributed by atoms with Crippen LogP contribution in [0.2, 0.25) is 5.02 Å². The molecule has 19 heavy (non-hydrogen) atoms. The van der Waals surface area contributed by atoms with Gasteiger partial charge in [-0.15, -0.1) is 0 Å². The first kappa shape index (κ1) is 14.4. The van der Waals surface area contributed by atoms with Gasteiger partial charge in [0.05, 0.1) is 24.3 Å². The minimum Gasteiger partial charge on any atom is -0.486 e. The standard InChI is InChI=1S/C13H18ClNO4/c1-17-3-2-15-11(8-16)9-6-10(14)13-12(7-9)18-4-5-19-13/h6-7,11,15-16H,2-5,8H2,1H3. The molecule has 0 aliphatic carbocycles. The Balaban J connectivity index is 2.16. The molecule has 1 atom stereocenters. The van der Waals surface area contributed by atoms with E-state index in [1.165, 1.54) is 0 Å². The van der Waals surface area contributed by atoms with Crippen LogP contribution in [0.5, 0.6) is 11.5 Å². The summed E-state index contributed by atoms with van der Waals surface area (Å²) in [6, 6.07) is 3.43. The fourth-order valence-corrected chi connectivity index (χ4v) is 2.23. The van der Waals surface area contributed by atoms with Gasteiger partial charge in [0.15, 0.2) is 11.5 Å². The Labute approximate surface area is 117 Å². The van der Waals surface area contributed by atoms with E-state index in [4.69, 9.17) is 25.8 Å². The molecule has 2 rings (SSSR count). The highest BCUT2D eigenvalue weighted by atomic mass is 35.5. The number of benzene rings is 1. The van der Waals surface area contributed by atoms with Gasteiger partial charge in [-0.05, 0) is 17.7 Å². The molecule has 0 fully saturated rings. The van der Waals surface area contributed by atoms with Crippen LogP contribution in [0.15, 0.2) is 12.1 Å². The summed E-state index contributed by atoms with van der Waals surface area (Å²) in [5.41, 5.74) is 0.868. The number of hydrogen-bond acceptors (Lipinski definition) is 5. The van der Waals surface area contributed by atoms with E-state index in [1.54, 1.807) is 13.2 Å². The lowest BCUT2D eigenvalue weighted by molar-refractivity contribution is 0.170. The molecule has 106 valence electrons. The molecule has 1 aliphatic rings. The predicted molar refractivity (Wildman–Crippen MR) is 72.1 cm³/mol. The molecule has 1 aromatic carbocycles. The van der Waals surface area contributed by atoms with Gasteiger partial charge in [-0.1, -0.05) is 11.6 Å². The van der Waals surface area contributed by atoms with Crippen molar-refractivity contribution in [2.24, 2.45) is 0 Å². The molecule has 0 spiro atoms. The number of hydrogen-bond donors (Lipinski definition) is 2. The van der Waals surface area contributed by atoms with Crippen LogP contribution in [0.1, 0.15) is 11.6 Å². The van der Waals surface area contributed by atoms with E-state index >= 15 is 0 Å². The highest BCUT2D eigenvalue weighted by molar-refractivity contribution is 6.32. The fourth-order valence-electron chi connectivity index (χ4n) is 1.96. The van der Waals surface area contributed by atoms with Crippen molar-refractivity contribution in [1.82, 2.24) is 5.32 Å². The summed E-state index contributed by atoms with van der Waals surface area (Å²) >= 11 is 6.17. The van der Waals surface area contributed by atoms with Crippen LogP contribution < -0.4 is 14.8 Å². The summed E-state index contributed by atoms with van der Waals surface area (Å²) < 4.78 is 16.0. The first-order valence-electron chi connectivity index (χ1n) is 6.18. The Kier molecular flexibility index (Phi) is 5.27. The van der Waals surface area contributed by atoms with Crippen LogP contribution in [-0.4, -0.2) is 45.2 Å². The Morgan fingerprint density at radius 3 is 2.95 bits per heavy atom.